The molecule has 1 aromatic heterocycles. The van der Waals surface area contributed by atoms with Gasteiger partial charge in [0.2, 0.25) is 5.91 Å². The van der Waals surface area contributed by atoms with Gasteiger partial charge in [-0.05, 0) is 31.9 Å². The summed E-state index contributed by atoms with van der Waals surface area (Å²) in [6.07, 6.45) is 0. The molecule has 1 aliphatic heterocycles. The number of hydrogen-bond donors (Lipinski definition) is 0. The van der Waals surface area contributed by atoms with Crippen molar-refractivity contribution in [1.29, 1.82) is 0 Å². The van der Waals surface area contributed by atoms with Crippen LogP contribution in [0.15, 0.2) is 91.0 Å². The largest absolute Gasteiger partial charge is 0.462 e. The van der Waals surface area contributed by atoms with Gasteiger partial charge in [-0.15, -0.1) is 0 Å². The lowest BCUT2D eigenvalue weighted by molar-refractivity contribution is -0.136. The molecule has 5 rings (SSSR count). The fraction of sp³-hybridized carbons (Fsp3) is 0.265. The highest BCUT2D eigenvalue weighted by Gasteiger charge is 2.37. The van der Waals surface area contributed by atoms with Crippen LogP contribution in [0.4, 0.5) is 0 Å². The number of ether oxygens (including phenoxy) is 1. The van der Waals surface area contributed by atoms with Gasteiger partial charge in [-0.2, -0.15) is 0 Å². The highest BCUT2D eigenvalue weighted by molar-refractivity contribution is 6.07. The number of carbonyl (C=O) groups excluding carboxylic acids is 3. The number of esters is 1. The quantitative estimate of drug-likeness (QED) is 0.290. The molecule has 8 heteroatoms. The van der Waals surface area contributed by atoms with Crippen molar-refractivity contribution >= 4 is 17.8 Å². The number of rotatable bonds is 7. The van der Waals surface area contributed by atoms with Crippen LogP contribution in [-0.2, 0) is 9.53 Å². The lowest BCUT2D eigenvalue weighted by Crippen LogP contribution is -2.56. The first kappa shape index (κ1) is 28.7. The average Bonchev–Trinajstić information content (AvgIpc) is 3.02. The molecule has 3 aromatic carbocycles. The third-order valence-corrected chi connectivity index (χ3v) is 7.46. The van der Waals surface area contributed by atoms with Crippen LogP contribution in [0.1, 0.15) is 57.6 Å². The highest BCUT2D eigenvalue weighted by Crippen LogP contribution is 2.30. The molecule has 0 radical (unpaired) electrons. The van der Waals surface area contributed by atoms with Gasteiger partial charge in [0.25, 0.3) is 5.91 Å². The SMILES string of the molecule is CCOC(=O)c1c(C(=O)N2CCN(C(=O)C(c3ccccc3)c3ccccc3)C(C)C2)nc(C)nc1-c1ccccc1. The molecule has 0 saturated carbocycles. The van der Waals surface area contributed by atoms with Crippen LogP contribution in [0, 0.1) is 6.92 Å². The lowest BCUT2D eigenvalue weighted by atomic mass is 9.89. The number of piperazine rings is 1. The second kappa shape index (κ2) is 12.8. The second-order valence-corrected chi connectivity index (χ2v) is 10.3. The van der Waals surface area contributed by atoms with Gasteiger partial charge in [0.1, 0.15) is 17.1 Å². The van der Waals surface area contributed by atoms with E-state index in [9.17, 15) is 14.4 Å². The molecule has 0 N–H and O–H groups in total. The fourth-order valence-electron chi connectivity index (χ4n) is 5.48. The lowest BCUT2D eigenvalue weighted by Gasteiger charge is -2.41. The molecular formula is C34H34N4O4. The van der Waals surface area contributed by atoms with E-state index < -0.39 is 11.9 Å². The number of nitrogens with zero attached hydrogens (tertiary/aromatic N) is 4. The summed E-state index contributed by atoms with van der Waals surface area (Å²) in [4.78, 5) is 53.7. The molecule has 1 fully saturated rings. The van der Waals surface area contributed by atoms with Crippen molar-refractivity contribution < 1.29 is 19.1 Å². The van der Waals surface area contributed by atoms with Gasteiger partial charge < -0.3 is 14.5 Å². The molecule has 0 aliphatic carbocycles. The van der Waals surface area contributed by atoms with E-state index in [1.807, 2.05) is 103 Å². The predicted molar refractivity (Wildman–Crippen MR) is 160 cm³/mol. The monoisotopic (exact) mass is 562 g/mol. The number of benzene rings is 3. The topological polar surface area (TPSA) is 92.7 Å². The number of amides is 2. The summed E-state index contributed by atoms with van der Waals surface area (Å²) in [7, 11) is 0. The van der Waals surface area contributed by atoms with Crippen molar-refractivity contribution in [3.8, 4) is 11.3 Å². The number of hydrogen-bond acceptors (Lipinski definition) is 6. The van der Waals surface area contributed by atoms with Crippen molar-refractivity contribution in [3.63, 3.8) is 0 Å². The Hall–Kier alpha value is -4.85. The highest BCUT2D eigenvalue weighted by atomic mass is 16.5. The van der Waals surface area contributed by atoms with Gasteiger partial charge in [-0.1, -0.05) is 91.0 Å². The first-order valence-electron chi connectivity index (χ1n) is 14.2. The molecule has 0 bridgehead atoms. The molecule has 42 heavy (non-hydrogen) atoms. The number of aromatic nitrogens is 2. The third-order valence-electron chi connectivity index (χ3n) is 7.46. The van der Waals surface area contributed by atoms with Crippen LogP contribution < -0.4 is 0 Å². The van der Waals surface area contributed by atoms with Crippen LogP contribution in [-0.4, -0.2) is 69.8 Å². The van der Waals surface area contributed by atoms with Gasteiger partial charge in [0.05, 0.1) is 18.2 Å². The van der Waals surface area contributed by atoms with E-state index in [1.165, 1.54) is 0 Å². The van der Waals surface area contributed by atoms with Crippen LogP contribution in [0.2, 0.25) is 0 Å². The van der Waals surface area contributed by atoms with Crippen LogP contribution >= 0.6 is 0 Å². The molecular weight excluding hydrogens is 528 g/mol. The maximum absolute atomic E-state index is 14.1. The Morgan fingerprint density at radius 1 is 0.857 bits per heavy atom. The van der Waals surface area contributed by atoms with Gasteiger partial charge in [-0.25, -0.2) is 14.8 Å². The van der Waals surface area contributed by atoms with Crippen LogP contribution in [0.3, 0.4) is 0 Å². The van der Waals surface area contributed by atoms with E-state index in [-0.39, 0.29) is 35.7 Å². The summed E-state index contributed by atoms with van der Waals surface area (Å²) in [5.41, 5.74) is 2.96. The molecule has 1 unspecified atom stereocenters. The standard InChI is InChI=1S/C34H34N4O4/c1-4-42-34(41)29-30(27-18-12-7-13-19-27)35-24(3)36-31(29)33(40)37-20-21-38(23(2)22-37)32(39)28(25-14-8-5-9-15-25)26-16-10-6-11-17-26/h5-19,23,28H,4,20-22H2,1-3H3. The minimum absolute atomic E-state index is 0.0107. The molecule has 1 atom stereocenters. The first-order valence-corrected chi connectivity index (χ1v) is 14.2. The van der Waals surface area contributed by atoms with E-state index in [1.54, 1.807) is 18.7 Å². The average molecular weight is 563 g/mol. The van der Waals surface area contributed by atoms with E-state index in [0.29, 0.717) is 36.7 Å². The van der Waals surface area contributed by atoms with Crippen molar-refractivity contribution in [3.05, 3.63) is 119 Å². The summed E-state index contributed by atoms with van der Waals surface area (Å²) in [5.74, 6) is -1.12. The van der Waals surface area contributed by atoms with Crippen molar-refractivity contribution in [2.45, 2.75) is 32.7 Å². The van der Waals surface area contributed by atoms with E-state index >= 15 is 0 Å². The van der Waals surface area contributed by atoms with Crippen LogP contribution in [0.25, 0.3) is 11.3 Å². The van der Waals surface area contributed by atoms with Gasteiger partial charge >= 0.3 is 5.97 Å². The Labute approximate surface area is 246 Å². The minimum atomic E-state index is -0.643. The second-order valence-electron chi connectivity index (χ2n) is 10.3. The molecule has 8 nitrogen and oxygen atoms in total. The number of aryl methyl sites for hydroxylation is 1. The van der Waals surface area contributed by atoms with E-state index in [2.05, 4.69) is 9.97 Å². The Morgan fingerprint density at radius 2 is 1.43 bits per heavy atom. The summed E-state index contributed by atoms with van der Waals surface area (Å²) in [6, 6.07) is 28.5. The Kier molecular flexibility index (Phi) is 8.71. The first-order chi connectivity index (χ1) is 20.4. The van der Waals surface area contributed by atoms with Crippen molar-refractivity contribution in [2.75, 3.05) is 26.2 Å². The van der Waals surface area contributed by atoms with Crippen LogP contribution in [0.5, 0.6) is 0 Å². The molecule has 4 aromatic rings. The van der Waals surface area contributed by atoms with Crippen molar-refractivity contribution in [1.82, 2.24) is 19.8 Å². The summed E-state index contributed by atoms with van der Waals surface area (Å²) >= 11 is 0. The zero-order chi connectivity index (χ0) is 29.6. The minimum Gasteiger partial charge on any atom is -0.462 e. The zero-order valence-electron chi connectivity index (χ0n) is 24.1. The van der Waals surface area contributed by atoms with Gasteiger partial charge in [0, 0.05) is 31.2 Å². The summed E-state index contributed by atoms with van der Waals surface area (Å²) in [5, 5.41) is 0. The normalized spacial score (nSPS) is 15.0. The van der Waals surface area contributed by atoms with Gasteiger partial charge in [0.15, 0.2) is 0 Å². The van der Waals surface area contributed by atoms with E-state index in [4.69, 9.17) is 4.74 Å². The predicted octanol–water partition coefficient (Wildman–Crippen LogP) is 5.13. The zero-order valence-corrected chi connectivity index (χ0v) is 24.1. The molecule has 214 valence electrons. The fourth-order valence-corrected chi connectivity index (χ4v) is 5.48. The third kappa shape index (κ3) is 5.93. The smallest absolute Gasteiger partial charge is 0.342 e. The molecule has 0 spiro atoms. The Morgan fingerprint density at radius 3 is 1.98 bits per heavy atom. The summed E-state index contributed by atoms with van der Waals surface area (Å²) < 4.78 is 5.35. The molecule has 2 amide bonds. The molecule has 1 saturated heterocycles. The van der Waals surface area contributed by atoms with E-state index in [0.717, 1.165) is 11.1 Å². The van der Waals surface area contributed by atoms with Crippen molar-refractivity contribution in [2.24, 2.45) is 0 Å². The maximum Gasteiger partial charge on any atom is 0.342 e. The Bertz CT molecular complexity index is 1520. The molecule has 1 aliphatic rings. The Balaban J connectivity index is 1.43. The summed E-state index contributed by atoms with van der Waals surface area (Å²) in [6.45, 7) is 6.46. The number of carbonyl (C=O) groups is 3. The maximum atomic E-state index is 14.1. The van der Waals surface area contributed by atoms with Gasteiger partial charge in [-0.3, -0.25) is 9.59 Å². The molecule has 2 heterocycles.